The summed E-state index contributed by atoms with van der Waals surface area (Å²) in [4.78, 5) is 0. The van der Waals surface area contributed by atoms with Crippen molar-refractivity contribution in [1.29, 1.82) is 0 Å². The van der Waals surface area contributed by atoms with Crippen LogP contribution in [-0.2, 0) is 16.6 Å². The van der Waals surface area contributed by atoms with Gasteiger partial charge in [0.05, 0.1) is 0 Å². The number of aliphatic hydroxyl groups excluding tert-OH is 2. The monoisotopic (exact) mass is 261 g/mol. The van der Waals surface area contributed by atoms with Gasteiger partial charge in [0, 0.05) is 18.6 Å². The van der Waals surface area contributed by atoms with Crippen LogP contribution in [0.4, 0.5) is 0 Å². The van der Waals surface area contributed by atoms with Gasteiger partial charge in [-0.3, -0.25) is 0 Å². The van der Waals surface area contributed by atoms with Crippen LogP contribution in [0.3, 0.4) is 0 Å². The van der Waals surface area contributed by atoms with Gasteiger partial charge >= 0.3 is 0 Å². The van der Waals surface area contributed by atoms with Gasteiger partial charge in [-0.1, -0.05) is 0 Å². The van der Waals surface area contributed by atoms with Gasteiger partial charge in [-0.15, -0.1) is 0 Å². The largest absolute Gasteiger partial charge is 0.446 e. The lowest BCUT2D eigenvalue weighted by Gasteiger charge is -2.11. The van der Waals surface area contributed by atoms with E-state index in [0.29, 0.717) is 0 Å². The molecule has 1 heterocycles. The first-order valence-corrected chi connectivity index (χ1v) is 6.80. The van der Waals surface area contributed by atoms with Gasteiger partial charge in [-0.2, -0.15) is 0 Å². The molecule has 0 amide bonds. The fraction of sp³-hybridized carbons (Fsp3) is 0.600. The second-order valence-electron chi connectivity index (χ2n) is 4.36. The normalized spacial score (nSPS) is 18.2. The van der Waals surface area contributed by atoms with E-state index in [1.165, 1.54) is 12.1 Å². The predicted octanol–water partition coefficient (Wildman–Crippen LogP) is -0.177. The van der Waals surface area contributed by atoms with Crippen molar-refractivity contribution in [3.05, 3.63) is 17.9 Å². The molecule has 0 aliphatic heterocycles. The molecule has 0 bridgehead atoms. The van der Waals surface area contributed by atoms with E-state index in [2.05, 4.69) is 4.72 Å². The van der Waals surface area contributed by atoms with Crippen molar-refractivity contribution >= 4 is 10.0 Å². The van der Waals surface area contributed by atoms with Crippen LogP contribution < -0.4 is 4.72 Å². The molecule has 0 saturated heterocycles. The Morgan fingerprint density at radius 1 is 1.35 bits per heavy atom. The lowest BCUT2D eigenvalue weighted by Crippen LogP contribution is -2.31. The Kier molecular flexibility index (Phi) is 3.26. The topological polar surface area (TPSA) is 99.8 Å². The fourth-order valence-corrected chi connectivity index (χ4v) is 2.58. The molecule has 96 valence electrons. The fourth-order valence-electron chi connectivity index (χ4n) is 1.47. The predicted molar refractivity (Wildman–Crippen MR) is 58.6 cm³/mol. The number of hydrogen-bond donors (Lipinski definition) is 3. The lowest BCUT2D eigenvalue weighted by atomic mass is 10.1. The minimum atomic E-state index is -3.69. The molecule has 2 rings (SSSR count). The highest BCUT2D eigenvalue weighted by Gasteiger charge is 2.42. The number of rotatable bonds is 6. The van der Waals surface area contributed by atoms with E-state index in [0.717, 1.165) is 12.8 Å². The Morgan fingerprint density at radius 2 is 2.06 bits per heavy atom. The van der Waals surface area contributed by atoms with E-state index in [1.54, 1.807) is 0 Å². The Labute approximate surface area is 99.3 Å². The molecule has 0 unspecified atom stereocenters. The summed E-state index contributed by atoms with van der Waals surface area (Å²) in [5, 5.41) is 17.6. The van der Waals surface area contributed by atoms with Gasteiger partial charge < -0.3 is 14.6 Å². The molecule has 7 heteroatoms. The summed E-state index contributed by atoms with van der Waals surface area (Å²) in [7, 11) is -3.69. The van der Waals surface area contributed by atoms with E-state index in [9.17, 15) is 8.42 Å². The summed E-state index contributed by atoms with van der Waals surface area (Å²) >= 11 is 0. The van der Waals surface area contributed by atoms with Crippen molar-refractivity contribution in [2.24, 2.45) is 5.41 Å². The maximum Gasteiger partial charge on any atom is 0.273 e. The summed E-state index contributed by atoms with van der Waals surface area (Å²) in [5.74, 6) is 0.202. The molecule has 1 fully saturated rings. The zero-order chi connectivity index (χ0) is 12.5. The van der Waals surface area contributed by atoms with E-state index < -0.39 is 10.0 Å². The molecule has 17 heavy (non-hydrogen) atoms. The molecule has 1 aromatic rings. The molecule has 3 N–H and O–H groups in total. The average molecular weight is 261 g/mol. The quantitative estimate of drug-likeness (QED) is 0.660. The van der Waals surface area contributed by atoms with E-state index in [-0.39, 0.29) is 36.0 Å². The Morgan fingerprint density at radius 3 is 2.53 bits per heavy atom. The number of hydrogen-bond acceptors (Lipinski definition) is 5. The molecular formula is C10H15NO5S. The third-order valence-corrected chi connectivity index (χ3v) is 4.26. The summed E-state index contributed by atoms with van der Waals surface area (Å²) in [5.41, 5.74) is -0.292. The number of furan rings is 1. The summed E-state index contributed by atoms with van der Waals surface area (Å²) in [6.45, 7) is -0.146. The highest BCUT2D eigenvalue weighted by molar-refractivity contribution is 7.89. The molecule has 0 atom stereocenters. The van der Waals surface area contributed by atoms with Crippen molar-refractivity contribution in [3.63, 3.8) is 0 Å². The first-order valence-electron chi connectivity index (χ1n) is 5.31. The third kappa shape index (κ3) is 2.68. The minimum Gasteiger partial charge on any atom is -0.446 e. The molecule has 1 aliphatic carbocycles. The first kappa shape index (κ1) is 12.6. The van der Waals surface area contributed by atoms with Gasteiger partial charge in [0.25, 0.3) is 10.0 Å². The summed E-state index contributed by atoms with van der Waals surface area (Å²) < 4.78 is 30.9. The van der Waals surface area contributed by atoms with Crippen molar-refractivity contribution in [3.8, 4) is 0 Å². The lowest BCUT2D eigenvalue weighted by molar-refractivity contribution is 0.213. The van der Waals surface area contributed by atoms with Crippen LogP contribution in [0.1, 0.15) is 18.6 Å². The molecular weight excluding hydrogens is 246 g/mol. The van der Waals surface area contributed by atoms with E-state index in [4.69, 9.17) is 14.6 Å². The smallest absolute Gasteiger partial charge is 0.273 e. The molecule has 1 aliphatic rings. The molecule has 0 spiro atoms. The minimum absolute atomic E-state index is 0.0183. The molecule has 1 saturated carbocycles. The average Bonchev–Trinajstić information content (AvgIpc) is 2.94. The second-order valence-corrected chi connectivity index (χ2v) is 6.06. The number of aliphatic hydroxyl groups is 2. The number of nitrogens with one attached hydrogen (secondary N) is 1. The van der Waals surface area contributed by atoms with Crippen LogP contribution in [0.5, 0.6) is 0 Å². The zero-order valence-electron chi connectivity index (χ0n) is 9.22. The third-order valence-electron chi connectivity index (χ3n) is 2.99. The molecule has 0 radical (unpaired) electrons. The van der Waals surface area contributed by atoms with Crippen LogP contribution in [0.25, 0.3) is 0 Å². The standard InChI is InChI=1S/C10H15NO5S/c12-5-8-1-2-9(16-8)17(14,15)11-6-10(7-13)3-4-10/h1-2,11-13H,3-7H2. The highest BCUT2D eigenvalue weighted by Crippen LogP contribution is 2.44. The SMILES string of the molecule is O=S(=O)(NCC1(CO)CC1)c1ccc(CO)o1. The van der Waals surface area contributed by atoms with E-state index >= 15 is 0 Å². The van der Waals surface area contributed by atoms with Gasteiger partial charge in [-0.25, -0.2) is 13.1 Å². The van der Waals surface area contributed by atoms with Crippen LogP contribution in [0, 0.1) is 5.41 Å². The second kappa shape index (κ2) is 4.41. The first-order chi connectivity index (χ1) is 8.01. The van der Waals surface area contributed by atoms with Gasteiger partial charge in [0.2, 0.25) is 5.09 Å². The van der Waals surface area contributed by atoms with Gasteiger partial charge in [0.1, 0.15) is 12.4 Å². The summed E-state index contributed by atoms with van der Waals surface area (Å²) in [6.07, 6.45) is 1.65. The molecule has 6 nitrogen and oxygen atoms in total. The Balaban J connectivity index is 2.03. The van der Waals surface area contributed by atoms with Gasteiger partial charge in [0.15, 0.2) is 0 Å². The number of sulfonamides is 1. The van der Waals surface area contributed by atoms with Crippen LogP contribution in [0.15, 0.2) is 21.6 Å². The van der Waals surface area contributed by atoms with Crippen LogP contribution in [0.2, 0.25) is 0 Å². The summed E-state index contributed by atoms with van der Waals surface area (Å²) in [6, 6.07) is 2.71. The zero-order valence-corrected chi connectivity index (χ0v) is 10.0. The van der Waals surface area contributed by atoms with Gasteiger partial charge in [-0.05, 0) is 25.0 Å². The Bertz CT molecular complexity index is 489. The maximum absolute atomic E-state index is 11.8. The van der Waals surface area contributed by atoms with Crippen molar-refractivity contribution in [2.45, 2.75) is 24.5 Å². The van der Waals surface area contributed by atoms with Crippen LogP contribution in [-0.4, -0.2) is 31.8 Å². The van der Waals surface area contributed by atoms with Crippen molar-refractivity contribution < 1.29 is 23.0 Å². The van der Waals surface area contributed by atoms with Crippen LogP contribution >= 0.6 is 0 Å². The van der Waals surface area contributed by atoms with Crippen molar-refractivity contribution in [2.75, 3.05) is 13.2 Å². The molecule has 1 aromatic heterocycles. The van der Waals surface area contributed by atoms with E-state index in [1.807, 2.05) is 0 Å². The van der Waals surface area contributed by atoms with Crippen molar-refractivity contribution in [1.82, 2.24) is 4.72 Å². The molecule has 0 aromatic carbocycles. The maximum atomic E-state index is 11.8. The highest BCUT2D eigenvalue weighted by atomic mass is 32.2. The Hall–Kier alpha value is -0.890.